The van der Waals surface area contributed by atoms with Crippen molar-refractivity contribution >= 4 is 17.0 Å². The van der Waals surface area contributed by atoms with Crippen molar-refractivity contribution in [1.82, 2.24) is 19.5 Å². The van der Waals surface area contributed by atoms with Gasteiger partial charge in [0.1, 0.15) is 11.8 Å². The molecule has 5 nitrogen and oxygen atoms in total. The van der Waals surface area contributed by atoms with Gasteiger partial charge in [0, 0.05) is 12.6 Å². The summed E-state index contributed by atoms with van der Waals surface area (Å²) >= 11 is 0. The van der Waals surface area contributed by atoms with Gasteiger partial charge in [-0.25, -0.2) is 15.0 Å². The predicted octanol–water partition coefficient (Wildman–Crippen LogP) is 2.60. The average Bonchev–Trinajstić information content (AvgIpc) is 2.63. The second-order valence-electron chi connectivity index (χ2n) is 4.62. The molecule has 5 heteroatoms. The number of imidazole rings is 1. The van der Waals surface area contributed by atoms with Crippen molar-refractivity contribution in [2.45, 2.75) is 40.2 Å². The fourth-order valence-corrected chi connectivity index (χ4v) is 1.39. The standard InChI is InChI=1S/C10H15N5.C2H6/c1-10(2,3)14-8-7-9(12-5-11-8)15(4)6-13-7;1-2/h5-6H,1-4H3,(H,11,12,14);1-2H3. The van der Waals surface area contributed by atoms with Crippen molar-refractivity contribution in [1.29, 1.82) is 0 Å². The van der Waals surface area contributed by atoms with E-state index in [2.05, 4.69) is 41.0 Å². The molecule has 0 saturated heterocycles. The Kier molecular flexibility index (Phi) is 4.04. The first-order valence-corrected chi connectivity index (χ1v) is 5.87. The third-order valence-corrected chi connectivity index (χ3v) is 1.99. The summed E-state index contributed by atoms with van der Waals surface area (Å²) in [4.78, 5) is 12.7. The number of hydrogen-bond acceptors (Lipinski definition) is 4. The molecule has 0 fully saturated rings. The van der Waals surface area contributed by atoms with Crippen molar-refractivity contribution in [3.63, 3.8) is 0 Å². The van der Waals surface area contributed by atoms with Gasteiger partial charge in [-0.1, -0.05) is 13.8 Å². The number of nitrogens with zero attached hydrogens (tertiary/aromatic N) is 4. The number of nitrogens with one attached hydrogen (secondary N) is 1. The SMILES string of the molecule is CC.Cn1cnc2c(NC(C)(C)C)ncnc21. The van der Waals surface area contributed by atoms with E-state index in [-0.39, 0.29) is 5.54 Å². The number of aryl methyl sites for hydroxylation is 1. The third kappa shape index (κ3) is 3.15. The highest BCUT2D eigenvalue weighted by molar-refractivity contribution is 5.82. The molecule has 0 amide bonds. The van der Waals surface area contributed by atoms with Gasteiger partial charge in [-0.3, -0.25) is 0 Å². The van der Waals surface area contributed by atoms with Gasteiger partial charge in [-0.05, 0) is 20.8 Å². The summed E-state index contributed by atoms with van der Waals surface area (Å²) in [6.45, 7) is 10.3. The Bertz CT molecular complexity index is 481. The molecule has 0 aliphatic rings. The van der Waals surface area contributed by atoms with Gasteiger partial charge in [-0.2, -0.15) is 0 Å². The topological polar surface area (TPSA) is 55.6 Å². The second kappa shape index (κ2) is 5.12. The highest BCUT2D eigenvalue weighted by atomic mass is 15.1. The molecule has 0 bridgehead atoms. The van der Waals surface area contributed by atoms with E-state index in [1.807, 2.05) is 25.5 Å². The maximum Gasteiger partial charge on any atom is 0.165 e. The fourth-order valence-electron chi connectivity index (χ4n) is 1.39. The molecule has 0 aromatic carbocycles. The summed E-state index contributed by atoms with van der Waals surface area (Å²) in [5, 5.41) is 3.31. The van der Waals surface area contributed by atoms with Crippen molar-refractivity contribution < 1.29 is 0 Å². The average molecular weight is 235 g/mol. The summed E-state index contributed by atoms with van der Waals surface area (Å²) in [6.07, 6.45) is 3.30. The lowest BCUT2D eigenvalue weighted by Gasteiger charge is -2.21. The molecule has 2 heterocycles. The molecule has 0 unspecified atom stereocenters. The molecule has 0 atom stereocenters. The van der Waals surface area contributed by atoms with E-state index < -0.39 is 0 Å². The summed E-state index contributed by atoms with van der Waals surface area (Å²) in [5.74, 6) is 0.785. The van der Waals surface area contributed by atoms with Crippen LogP contribution < -0.4 is 5.32 Å². The molecular formula is C12H21N5. The Morgan fingerprint density at radius 3 is 2.35 bits per heavy atom. The lowest BCUT2D eigenvalue weighted by Crippen LogP contribution is -2.26. The zero-order valence-corrected chi connectivity index (χ0v) is 11.4. The van der Waals surface area contributed by atoms with E-state index in [9.17, 15) is 0 Å². The van der Waals surface area contributed by atoms with Gasteiger partial charge in [-0.15, -0.1) is 0 Å². The molecule has 0 radical (unpaired) electrons. The second-order valence-corrected chi connectivity index (χ2v) is 4.62. The summed E-state index contributed by atoms with van der Waals surface area (Å²) in [7, 11) is 1.92. The van der Waals surface area contributed by atoms with Crippen LogP contribution in [-0.4, -0.2) is 25.1 Å². The van der Waals surface area contributed by atoms with Gasteiger partial charge < -0.3 is 9.88 Å². The zero-order valence-electron chi connectivity index (χ0n) is 11.4. The lowest BCUT2D eigenvalue weighted by molar-refractivity contribution is 0.631. The van der Waals surface area contributed by atoms with Crippen LogP contribution in [0.1, 0.15) is 34.6 Å². The van der Waals surface area contributed by atoms with Crippen molar-refractivity contribution in [2.75, 3.05) is 5.32 Å². The number of rotatable bonds is 1. The van der Waals surface area contributed by atoms with Crippen LogP contribution in [0.5, 0.6) is 0 Å². The predicted molar refractivity (Wildman–Crippen MR) is 71.0 cm³/mol. The molecule has 0 saturated carbocycles. The highest BCUT2D eigenvalue weighted by Crippen LogP contribution is 2.19. The van der Waals surface area contributed by atoms with Gasteiger partial charge in [0.25, 0.3) is 0 Å². The maximum atomic E-state index is 4.28. The molecule has 2 aromatic rings. The van der Waals surface area contributed by atoms with Crippen LogP contribution in [0.2, 0.25) is 0 Å². The van der Waals surface area contributed by atoms with Crippen LogP contribution in [0.15, 0.2) is 12.7 Å². The minimum absolute atomic E-state index is 0.0290. The van der Waals surface area contributed by atoms with Crippen molar-refractivity contribution in [3.8, 4) is 0 Å². The van der Waals surface area contributed by atoms with Crippen LogP contribution in [0.25, 0.3) is 11.2 Å². The molecule has 0 aliphatic carbocycles. The van der Waals surface area contributed by atoms with E-state index in [0.29, 0.717) is 0 Å². The summed E-state index contributed by atoms with van der Waals surface area (Å²) in [5.41, 5.74) is 1.63. The third-order valence-electron chi connectivity index (χ3n) is 1.99. The molecule has 0 aliphatic heterocycles. The lowest BCUT2D eigenvalue weighted by atomic mass is 10.1. The van der Waals surface area contributed by atoms with Gasteiger partial charge >= 0.3 is 0 Å². The molecular weight excluding hydrogens is 214 g/mol. The number of anilines is 1. The number of aromatic nitrogens is 4. The molecule has 94 valence electrons. The molecule has 2 rings (SSSR count). The fraction of sp³-hybridized carbons (Fsp3) is 0.583. The largest absolute Gasteiger partial charge is 0.364 e. The zero-order chi connectivity index (χ0) is 13.1. The Morgan fingerprint density at radius 1 is 1.12 bits per heavy atom. The first-order chi connectivity index (χ1) is 7.97. The van der Waals surface area contributed by atoms with Gasteiger partial charge in [0.15, 0.2) is 11.5 Å². The monoisotopic (exact) mass is 235 g/mol. The smallest absolute Gasteiger partial charge is 0.165 e. The van der Waals surface area contributed by atoms with E-state index in [0.717, 1.165) is 17.0 Å². The van der Waals surface area contributed by atoms with Crippen LogP contribution in [0.3, 0.4) is 0 Å². The molecule has 17 heavy (non-hydrogen) atoms. The van der Waals surface area contributed by atoms with Crippen LogP contribution in [0, 0.1) is 0 Å². The van der Waals surface area contributed by atoms with Gasteiger partial charge in [0.2, 0.25) is 0 Å². The van der Waals surface area contributed by atoms with Crippen molar-refractivity contribution in [3.05, 3.63) is 12.7 Å². The Labute approximate surface area is 102 Å². The maximum absolute atomic E-state index is 4.28. The normalized spacial score (nSPS) is 10.9. The van der Waals surface area contributed by atoms with E-state index >= 15 is 0 Å². The van der Waals surface area contributed by atoms with Crippen molar-refractivity contribution in [2.24, 2.45) is 7.05 Å². The number of fused-ring (bicyclic) bond motifs is 1. The highest BCUT2D eigenvalue weighted by Gasteiger charge is 2.14. The first-order valence-electron chi connectivity index (χ1n) is 5.87. The minimum Gasteiger partial charge on any atom is -0.364 e. The molecule has 0 spiro atoms. The van der Waals surface area contributed by atoms with E-state index in [1.165, 1.54) is 0 Å². The van der Waals surface area contributed by atoms with Crippen LogP contribution >= 0.6 is 0 Å². The Hall–Kier alpha value is -1.65. The van der Waals surface area contributed by atoms with Crippen LogP contribution in [-0.2, 0) is 7.05 Å². The quantitative estimate of drug-likeness (QED) is 0.825. The molecule has 2 aromatic heterocycles. The van der Waals surface area contributed by atoms with E-state index in [1.54, 1.807) is 12.7 Å². The van der Waals surface area contributed by atoms with E-state index in [4.69, 9.17) is 0 Å². The number of hydrogen-bond donors (Lipinski definition) is 1. The Morgan fingerprint density at radius 2 is 1.76 bits per heavy atom. The molecule has 1 N–H and O–H groups in total. The minimum atomic E-state index is -0.0290. The summed E-state index contributed by atoms with van der Waals surface area (Å²) < 4.78 is 1.88. The van der Waals surface area contributed by atoms with Gasteiger partial charge in [0.05, 0.1) is 6.33 Å². The summed E-state index contributed by atoms with van der Waals surface area (Å²) in [6, 6.07) is 0. The Balaban J connectivity index is 0.000000686. The first kappa shape index (κ1) is 13.4. The van der Waals surface area contributed by atoms with Crippen LogP contribution in [0.4, 0.5) is 5.82 Å².